The molecule has 0 aliphatic heterocycles. The molecule has 2 aromatic rings. The average Bonchev–Trinajstić information content (AvgIpc) is 2.34. The third kappa shape index (κ3) is 4.60. The van der Waals surface area contributed by atoms with Crippen LogP contribution in [0.5, 0.6) is 11.8 Å². The van der Waals surface area contributed by atoms with Crippen LogP contribution < -0.4 is 9.05 Å². The molecule has 0 radical (unpaired) electrons. The van der Waals surface area contributed by atoms with E-state index in [-0.39, 0.29) is 11.8 Å². The lowest BCUT2D eigenvalue weighted by Crippen LogP contribution is -2.01. The maximum absolute atomic E-state index is 12.2. The molecule has 100 valence electrons. The van der Waals surface area contributed by atoms with E-state index in [4.69, 9.17) is 9.05 Å². The van der Waals surface area contributed by atoms with E-state index >= 15 is 0 Å². The molecule has 0 saturated heterocycles. The molecule has 2 aromatic heterocycles. The van der Waals surface area contributed by atoms with E-state index < -0.39 is 7.60 Å². The van der Waals surface area contributed by atoms with Crippen LogP contribution in [0.2, 0.25) is 0 Å². The number of pyridine rings is 2. The van der Waals surface area contributed by atoms with Gasteiger partial charge in [-0.3, -0.25) is 0 Å². The summed E-state index contributed by atoms with van der Waals surface area (Å²) in [6.45, 7) is 1.36. The average molecular weight is 408 g/mol. The van der Waals surface area contributed by atoms with E-state index in [0.29, 0.717) is 0 Å². The van der Waals surface area contributed by atoms with E-state index in [1.165, 1.54) is 6.66 Å². The van der Waals surface area contributed by atoms with Crippen LogP contribution in [0, 0.1) is 0 Å². The van der Waals surface area contributed by atoms with Gasteiger partial charge in [0.1, 0.15) is 0 Å². The van der Waals surface area contributed by atoms with Gasteiger partial charge in [0.05, 0.1) is 6.66 Å². The van der Waals surface area contributed by atoms with Gasteiger partial charge in [0.15, 0.2) is 0 Å². The second-order valence-electron chi connectivity index (χ2n) is 3.58. The molecular weight excluding hydrogens is 399 g/mol. The van der Waals surface area contributed by atoms with Crippen LogP contribution in [0.1, 0.15) is 0 Å². The van der Waals surface area contributed by atoms with E-state index in [0.717, 1.165) is 8.95 Å². The van der Waals surface area contributed by atoms with Crippen molar-refractivity contribution >= 4 is 39.5 Å². The van der Waals surface area contributed by atoms with Crippen molar-refractivity contribution in [3.05, 3.63) is 45.6 Å². The van der Waals surface area contributed by atoms with Gasteiger partial charge in [-0.2, -0.15) is 0 Å². The zero-order valence-electron chi connectivity index (χ0n) is 9.79. The lowest BCUT2D eigenvalue weighted by atomic mass is 10.5. The summed E-state index contributed by atoms with van der Waals surface area (Å²) < 4.78 is 24.3. The van der Waals surface area contributed by atoms with Gasteiger partial charge in [-0.05, 0) is 44.0 Å². The zero-order chi connectivity index (χ0) is 13.9. The van der Waals surface area contributed by atoms with Crippen molar-refractivity contribution in [2.24, 2.45) is 0 Å². The molecule has 0 saturated carbocycles. The first-order valence-electron chi connectivity index (χ1n) is 5.14. The Hall–Kier alpha value is -0.910. The smallest absolute Gasteiger partial charge is 0.398 e. The monoisotopic (exact) mass is 406 g/mol. The van der Waals surface area contributed by atoms with Gasteiger partial charge < -0.3 is 9.05 Å². The van der Waals surface area contributed by atoms with Gasteiger partial charge in [0.25, 0.3) is 0 Å². The minimum absolute atomic E-state index is 0.228. The summed E-state index contributed by atoms with van der Waals surface area (Å²) >= 11 is 6.51. The summed E-state index contributed by atoms with van der Waals surface area (Å²) in [6.07, 6.45) is 3.10. The standard InChI is InChI=1S/C11H9Br2N2O3P/c1-19(16,17-10-4-2-8(12)6-14-10)18-11-5-3-9(13)7-15-11/h2-7H,1H3. The zero-order valence-corrected chi connectivity index (χ0v) is 13.9. The van der Waals surface area contributed by atoms with Crippen molar-refractivity contribution in [2.75, 3.05) is 6.66 Å². The fraction of sp³-hybridized carbons (Fsp3) is 0.0909. The molecule has 0 unspecified atom stereocenters. The van der Waals surface area contributed by atoms with E-state index in [1.807, 2.05) is 0 Å². The molecule has 0 atom stereocenters. The van der Waals surface area contributed by atoms with Crippen LogP contribution in [-0.2, 0) is 4.57 Å². The fourth-order valence-corrected chi connectivity index (χ4v) is 2.59. The molecule has 8 heteroatoms. The SMILES string of the molecule is CP(=O)(Oc1ccc(Br)cn1)Oc1ccc(Br)cn1. The van der Waals surface area contributed by atoms with E-state index in [9.17, 15) is 4.57 Å². The van der Waals surface area contributed by atoms with Crippen LogP contribution in [-0.4, -0.2) is 16.6 Å². The van der Waals surface area contributed by atoms with Gasteiger partial charge in [-0.1, -0.05) is 0 Å². The van der Waals surface area contributed by atoms with E-state index in [1.54, 1.807) is 36.7 Å². The number of halogens is 2. The van der Waals surface area contributed by atoms with Crippen LogP contribution in [0.4, 0.5) is 0 Å². The molecule has 0 aromatic carbocycles. The highest BCUT2D eigenvalue weighted by Gasteiger charge is 2.21. The van der Waals surface area contributed by atoms with E-state index in [2.05, 4.69) is 41.8 Å². The number of rotatable bonds is 4. The third-order valence-electron chi connectivity index (χ3n) is 1.92. The second-order valence-corrected chi connectivity index (χ2v) is 7.32. The molecule has 19 heavy (non-hydrogen) atoms. The minimum atomic E-state index is -3.32. The maximum atomic E-state index is 12.2. The molecule has 0 amide bonds. The lowest BCUT2D eigenvalue weighted by molar-refractivity contribution is 0.381. The summed E-state index contributed by atoms with van der Waals surface area (Å²) in [5.74, 6) is 0.456. The molecular formula is C11H9Br2N2O3P. The summed E-state index contributed by atoms with van der Waals surface area (Å²) in [7, 11) is -3.32. The lowest BCUT2D eigenvalue weighted by Gasteiger charge is -2.14. The largest absolute Gasteiger partial charge is 0.430 e. The van der Waals surface area contributed by atoms with Crippen molar-refractivity contribution < 1.29 is 13.6 Å². The highest BCUT2D eigenvalue weighted by Crippen LogP contribution is 2.43. The highest BCUT2D eigenvalue weighted by molar-refractivity contribution is 9.10. The Morgan fingerprint density at radius 2 is 1.37 bits per heavy atom. The predicted octanol–water partition coefficient (Wildman–Crippen LogP) is 4.28. The highest BCUT2D eigenvalue weighted by atomic mass is 79.9. The van der Waals surface area contributed by atoms with Crippen LogP contribution in [0.25, 0.3) is 0 Å². The molecule has 0 N–H and O–H groups in total. The van der Waals surface area contributed by atoms with Gasteiger partial charge in [0, 0.05) is 33.5 Å². The Kier molecular flexibility index (Phi) is 4.60. The van der Waals surface area contributed by atoms with Crippen LogP contribution >= 0.6 is 39.5 Å². The van der Waals surface area contributed by atoms with Gasteiger partial charge >= 0.3 is 7.60 Å². The van der Waals surface area contributed by atoms with Gasteiger partial charge in [-0.15, -0.1) is 0 Å². The van der Waals surface area contributed by atoms with Crippen LogP contribution in [0.15, 0.2) is 45.6 Å². The van der Waals surface area contributed by atoms with Crippen LogP contribution in [0.3, 0.4) is 0 Å². The van der Waals surface area contributed by atoms with Gasteiger partial charge in [-0.25, -0.2) is 14.5 Å². The van der Waals surface area contributed by atoms with Gasteiger partial charge in [0.2, 0.25) is 11.8 Å². The molecule has 2 rings (SSSR count). The number of hydrogen-bond acceptors (Lipinski definition) is 5. The Morgan fingerprint density at radius 3 is 1.68 bits per heavy atom. The van der Waals surface area contributed by atoms with Crippen molar-refractivity contribution in [2.45, 2.75) is 0 Å². The van der Waals surface area contributed by atoms with Crippen molar-refractivity contribution in [3.8, 4) is 11.8 Å². The molecule has 0 aliphatic carbocycles. The Labute approximate surface area is 127 Å². The van der Waals surface area contributed by atoms with Crippen molar-refractivity contribution in [1.29, 1.82) is 0 Å². The fourth-order valence-electron chi connectivity index (χ4n) is 1.19. The summed E-state index contributed by atoms with van der Waals surface area (Å²) in [4.78, 5) is 7.94. The predicted molar refractivity (Wildman–Crippen MR) is 78.7 cm³/mol. The first-order chi connectivity index (χ1) is 8.94. The Balaban J connectivity index is 2.08. The summed E-state index contributed by atoms with van der Waals surface area (Å²) in [5.41, 5.74) is 0. The van der Waals surface area contributed by atoms with Crippen molar-refractivity contribution in [3.63, 3.8) is 0 Å². The Bertz CT molecular complexity index is 553. The summed E-state index contributed by atoms with van der Waals surface area (Å²) in [6, 6.07) is 6.66. The topological polar surface area (TPSA) is 61.3 Å². The minimum Gasteiger partial charge on any atom is -0.398 e. The normalized spacial score (nSPS) is 11.1. The molecule has 0 fully saturated rings. The van der Waals surface area contributed by atoms with Crippen molar-refractivity contribution in [1.82, 2.24) is 9.97 Å². The number of aromatic nitrogens is 2. The molecule has 0 aliphatic rings. The molecule has 0 bridgehead atoms. The molecule has 2 heterocycles. The third-order valence-corrected chi connectivity index (χ3v) is 3.89. The number of nitrogens with zero attached hydrogens (tertiary/aromatic N) is 2. The Morgan fingerprint density at radius 1 is 0.947 bits per heavy atom. The molecule has 0 spiro atoms. The summed E-state index contributed by atoms with van der Waals surface area (Å²) in [5, 5.41) is 0. The first kappa shape index (κ1) is 14.5. The first-order valence-corrected chi connectivity index (χ1v) is 8.72. The molecule has 5 nitrogen and oxygen atoms in total. The number of hydrogen-bond donors (Lipinski definition) is 0. The maximum Gasteiger partial charge on any atom is 0.430 e. The quantitative estimate of drug-likeness (QED) is 0.707. The second kappa shape index (κ2) is 6.03.